The number of nitrogens with one attached hydrogen (secondary N) is 2. The van der Waals surface area contributed by atoms with E-state index in [-0.39, 0.29) is 0 Å². The minimum absolute atomic E-state index is 0.780. The minimum Gasteiger partial charge on any atom is -0.310 e. The van der Waals surface area contributed by atoms with Gasteiger partial charge in [-0.05, 0) is 49.1 Å². The molecule has 6 rings (SSSR count). The average Bonchev–Trinajstić information content (AvgIpc) is 3.43. The highest BCUT2D eigenvalue weighted by atomic mass is 15.2. The number of nitrogens with zero attached hydrogens (tertiary/aromatic N) is 3. The third-order valence-corrected chi connectivity index (χ3v) is 5.71. The highest BCUT2D eigenvalue weighted by Crippen LogP contribution is 2.30. The van der Waals surface area contributed by atoms with Gasteiger partial charge in [-0.25, -0.2) is 4.98 Å². The van der Waals surface area contributed by atoms with Crippen LogP contribution in [0.1, 0.15) is 23.1 Å². The fraction of sp³-hybridized carbons (Fsp3) is 0.136. The van der Waals surface area contributed by atoms with Crippen LogP contribution in [0.25, 0.3) is 33.5 Å². The molecule has 0 radical (unpaired) electrons. The van der Waals surface area contributed by atoms with E-state index in [1.165, 1.54) is 11.1 Å². The first-order chi connectivity index (χ1) is 13.4. The molecule has 0 aliphatic heterocycles. The lowest BCUT2D eigenvalue weighted by Crippen LogP contribution is -2.44. The second-order valence-electron chi connectivity index (χ2n) is 7.11. The van der Waals surface area contributed by atoms with Crippen LogP contribution in [-0.4, -0.2) is 9.97 Å². The topological polar surface area (TPSA) is 63.3 Å². The summed E-state index contributed by atoms with van der Waals surface area (Å²) in [4.78, 5) is 6.88. The van der Waals surface area contributed by atoms with Crippen LogP contribution in [0.5, 0.6) is 0 Å². The lowest BCUT2D eigenvalue weighted by atomic mass is 10.1. The molecule has 5 aromatic rings. The van der Waals surface area contributed by atoms with Crippen molar-refractivity contribution in [1.29, 1.82) is 5.26 Å². The molecule has 0 unspecified atom stereocenters. The van der Waals surface area contributed by atoms with Gasteiger partial charge in [-0.2, -0.15) is 5.26 Å². The number of para-hydroxylation sites is 4. The smallest absolute Gasteiger partial charge is 0.310 e. The van der Waals surface area contributed by atoms with Crippen LogP contribution in [0.2, 0.25) is 0 Å². The largest absolute Gasteiger partial charge is 0.356 e. The van der Waals surface area contributed by atoms with E-state index < -0.39 is 0 Å². The molecule has 1 aliphatic rings. The first kappa shape index (κ1) is 14.5. The number of aromatic amines is 2. The maximum atomic E-state index is 9.92. The number of hydrogen-bond acceptors (Lipinski definition) is 1. The molecule has 3 heterocycles. The average molecular weight is 351 g/mol. The number of hydrogen-bond donors (Lipinski definition) is 2. The van der Waals surface area contributed by atoms with E-state index in [9.17, 15) is 5.26 Å². The Morgan fingerprint density at radius 1 is 0.889 bits per heavy atom. The summed E-state index contributed by atoms with van der Waals surface area (Å²) in [5.74, 6) is 1.13. The number of benzene rings is 2. The van der Waals surface area contributed by atoms with Crippen LogP contribution in [0.4, 0.5) is 0 Å². The molecule has 0 saturated heterocycles. The number of H-pyrrole nitrogens is 2. The predicted molar refractivity (Wildman–Crippen MR) is 102 cm³/mol. The highest BCUT2D eigenvalue weighted by molar-refractivity contribution is 5.77. The van der Waals surface area contributed by atoms with Gasteiger partial charge in [0.1, 0.15) is 11.6 Å². The number of pyridine rings is 1. The minimum atomic E-state index is 0.780. The summed E-state index contributed by atoms with van der Waals surface area (Å²) in [5.41, 5.74) is 8.50. The second-order valence-corrected chi connectivity index (χ2v) is 7.11. The maximum absolute atomic E-state index is 9.92. The van der Waals surface area contributed by atoms with Crippen LogP contribution in [-0.2, 0) is 12.8 Å². The molecule has 2 aromatic carbocycles. The molecular formula is C22H17N5+2. The normalized spacial score (nSPS) is 13.4. The molecule has 0 atom stereocenters. The lowest BCUT2D eigenvalue weighted by Gasteiger charge is -2.05. The molecular weight excluding hydrogens is 334 g/mol. The van der Waals surface area contributed by atoms with Crippen LogP contribution in [0.3, 0.4) is 0 Å². The van der Waals surface area contributed by atoms with Crippen LogP contribution < -0.4 is 8.97 Å². The predicted octanol–water partition coefficient (Wildman–Crippen LogP) is 3.02. The lowest BCUT2D eigenvalue weighted by molar-refractivity contribution is -0.681. The second kappa shape index (κ2) is 5.18. The fourth-order valence-corrected chi connectivity index (χ4v) is 4.57. The number of rotatable bonds is 1. The van der Waals surface area contributed by atoms with Gasteiger partial charge >= 0.3 is 12.1 Å². The Morgan fingerprint density at radius 2 is 1.63 bits per heavy atom. The van der Waals surface area contributed by atoms with E-state index in [0.717, 1.165) is 58.4 Å². The molecule has 0 amide bonds. The van der Waals surface area contributed by atoms with E-state index in [0.29, 0.717) is 0 Å². The molecule has 5 nitrogen and oxygen atoms in total. The van der Waals surface area contributed by atoms with Gasteiger partial charge < -0.3 is 4.98 Å². The molecule has 27 heavy (non-hydrogen) atoms. The quantitative estimate of drug-likeness (QED) is 0.448. The van der Waals surface area contributed by atoms with Gasteiger partial charge in [-0.15, -0.1) is 8.97 Å². The highest BCUT2D eigenvalue weighted by Gasteiger charge is 2.35. The SMILES string of the molecule is N#Cc1c2c(c(-[n+]3c[nH]c4ccccc43)[n+]3c1[nH]c1ccccc13)CCC2. The maximum Gasteiger partial charge on any atom is 0.356 e. The van der Waals surface area contributed by atoms with Crippen LogP contribution in [0.15, 0.2) is 54.9 Å². The van der Waals surface area contributed by atoms with E-state index in [1.807, 2.05) is 24.5 Å². The number of nitriles is 1. The number of aromatic nitrogens is 4. The van der Waals surface area contributed by atoms with E-state index in [4.69, 9.17) is 0 Å². The molecule has 0 bridgehead atoms. The standard InChI is InChI=1S/C22H15N5/c23-12-16-14-6-5-7-15(14)22(26-13-24-17-8-1-3-10-19(17)26)27-20-11-4-2-9-18(20)25-21(16)27/h1-4,8-11,13H,5-7H2/p+2. The van der Waals surface area contributed by atoms with E-state index in [2.05, 4.69) is 55.3 Å². The Kier molecular flexibility index (Phi) is 2.78. The number of imidazole rings is 2. The fourth-order valence-electron chi connectivity index (χ4n) is 4.57. The molecule has 128 valence electrons. The Balaban J connectivity index is 1.88. The summed E-state index contributed by atoms with van der Waals surface area (Å²) >= 11 is 0. The van der Waals surface area contributed by atoms with Crippen molar-refractivity contribution in [3.05, 3.63) is 71.5 Å². The third-order valence-electron chi connectivity index (χ3n) is 5.71. The molecule has 5 heteroatoms. The van der Waals surface area contributed by atoms with Crippen molar-refractivity contribution < 1.29 is 8.97 Å². The Labute approximate surface area is 155 Å². The van der Waals surface area contributed by atoms with Crippen molar-refractivity contribution in [1.82, 2.24) is 9.97 Å². The zero-order chi connectivity index (χ0) is 18.0. The Bertz CT molecular complexity index is 1410. The van der Waals surface area contributed by atoms with Crippen molar-refractivity contribution in [2.45, 2.75) is 19.3 Å². The summed E-state index contributed by atoms with van der Waals surface area (Å²) in [6, 6.07) is 19.0. The van der Waals surface area contributed by atoms with Crippen molar-refractivity contribution in [3.8, 4) is 11.9 Å². The molecule has 2 N–H and O–H groups in total. The van der Waals surface area contributed by atoms with Gasteiger partial charge in [-0.1, -0.05) is 24.3 Å². The summed E-state index contributed by atoms with van der Waals surface area (Å²) < 4.78 is 4.45. The third kappa shape index (κ3) is 1.82. The zero-order valence-corrected chi connectivity index (χ0v) is 14.7. The summed E-state index contributed by atoms with van der Waals surface area (Å²) in [6.45, 7) is 0. The Hall–Kier alpha value is -3.65. The molecule has 3 aromatic heterocycles. The summed E-state index contributed by atoms with van der Waals surface area (Å²) in [5, 5.41) is 9.92. The van der Waals surface area contributed by atoms with Crippen LogP contribution in [0, 0.1) is 11.3 Å². The van der Waals surface area contributed by atoms with Crippen molar-refractivity contribution in [3.63, 3.8) is 0 Å². The van der Waals surface area contributed by atoms with Gasteiger partial charge in [0.15, 0.2) is 5.52 Å². The zero-order valence-electron chi connectivity index (χ0n) is 14.7. The van der Waals surface area contributed by atoms with Gasteiger partial charge in [0.2, 0.25) is 11.0 Å². The van der Waals surface area contributed by atoms with Gasteiger partial charge in [0.05, 0.1) is 11.1 Å². The Morgan fingerprint density at radius 3 is 2.48 bits per heavy atom. The van der Waals surface area contributed by atoms with E-state index >= 15 is 0 Å². The molecule has 0 saturated carbocycles. The number of fused-ring (bicyclic) bond motifs is 5. The summed E-state index contributed by atoms with van der Waals surface area (Å²) in [7, 11) is 0. The molecule has 0 fully saturated rings. The van der Waals surface area contributed by atoms with Gasteiger partial charge in [0, 0.05) is 0 Å². The van der Waals surface area contributed by atoms with Gasteiger partial charge in [-0.3, -0.25) is 0 Å². The van der Waals surface area contributed by atoms with Crippen molar-refractivity contribution in [2.24, 2.45) is 0 Å². The molecule has 1 aliphatic carbocycles. The first-order valence-corrected chi connectivity index (χ1v) is 9.25. The van der Waals surface area contributed by atoms with Crippen molar-refractivity contribution >= 4 is 27.7 Å². The monoisotopic (exact) mass is 351 g/mol. The van der Waals surface area contributed by atoms with Gasteiger partial charge in [0.25, 0.3) is 5.65 Å². The summed E-state index contributed by atoms with van der Waals surface area (Å²) in [6.07, 6.45) is 5.07. The van der Waals surface area contributed by atoms with E-state index in [1.54, 1.807) is 0 Å². The van der Waals surface area contributed by atoms with Crippen LogP contribution >= 0.6 is 0 Å². The molecule has 0 spiro atoms. The van der Waals surface area contributed by atoms with Crippen molar-refractivity contribution in [2.75, 3.05) is 0 Å². The first-order valence-electron chi connectivity index (χ1n) is 9.25.